The van der Waals surface area contributed by atoms with Gasteiger partial charge in [-0.05, 0) is 25.8 Å². The molecule has 1 fully saturated rings. The molecular weight excluding hydrogens is 316 g/mol. The Kier molecular flexibility index (Phi) is 5.78. The maximum absolute atomic E-state index is 13.0. The van der Waals surface area contributed by atoms with Gasteiger partial charge in [0.2, 0.25) is 10.0 Å². The van der Waals surface area contributed by atoms with Gasteiger partial charge in [-0.2, -0.15) is 4.31 Å². The Bertz CT molecular complexity index is 631. The van der Waals surface area contributed by atoms with Gasteiger partial charge in [-0.1, -0.05) is 30.3 Å². The summed E-state index contributed by atoms with van der Waals surface area (Å²) in [5.41, 5.74) is 0.945. The molecule has 1 aliphatic heterocycles. The quantitative estimate of drug-likeness (QED) is 0.786. The Morgan fingerprint density at radius 3 is 2.57 bits per heavy atom. The third-order valence-electron chi connectivity index (χ3n) is 4.08. The van der Waals surface area contributed by atoms with Crippen LogP contribution in [-0.2, 0) is 26.1 Å². The van der Waals surface area contributed by atoms with Gasteiger partial charge >= 0.3 is 5.97 Å². The summed E-state index contributed by atoms with van der Waals surface area (Å²) in [6, 6.07) is 8.81. The molecule has 1 aromatic carbocycles. The van der Waals surface area contributed by atoms with Crippen LogP contribution in [0.1, 0.15) is 25.8 Å². The first-order valence-corrected chi connectivity index (χ1v) is 9.22. The van der Waals surface area contributed by atoms with Crippen LogP contribution < -0.4 is 5.32 Å². The van der Waals surface area contributed by atoms with E-state index in [4.69, 9.17) is 0 Å². The molecule has 0 amide bonds. The molecule has 6 nitrogen and oxygen atoms in total. The largest absolute Gasteiger partial charge is 0.468 e. The number of sulfonamides is 1. The van der Waals surface area contributed by atoms with Crippen LogP contribution in [0.5, 0.6) is 0 Å². The van der Waals surface area contributed by atoms with E-state index < -0.39 is 27.3 Å². The fraction of sp³-hybridized carbons (Fsp3) is 0.562. The average Bonchev–Trinajstić information content (AvgIpc) is 3.03. The lowest BCUT2D eigenvalue weighted by atomic mass is 10.2. The highest BCUT2D eigenvalue weighted by Crippen LogP contribution is 2.23. The molecule has 0 radical (unpaired) electrons. The van der Waals surface area contributed by atoms with Gasteiger partial charge in [-0.25, -0.2) is 8.42 Å². The first-order chi connectivity index (χ1) is 10.9. The molecule has 0 saturated carbocycles. The summed E-state index contributed by atoms with van der Waals surface area (Å²) in [5, 5.41) is 2.33. The van der Waals surface area contributed by atoms with Gasteiger partial charge in [-0.3, -0.25) is 4.79 Å². The van der Waals surface area contributed by atoms with E-state index >= 15 is 0 Å². The highest BCUT2D eigenvalue weighted by molar-refractivity contribution is 7.89. The monoisotopic (exact) mass is 340 g/mol. The van der Waals surface area contributed by atoms with Gasteiger partial charge in [0.25, 0.3) is 0 Å². The molecule has 1 heterocycles. The van der Waals surface area contributed by atoms with Crippen LogP contribution in [0.2, 0.25) is 0 Å². The van der Waals surface area contributed by atoms with Crippen molar-refractivity contribution in [2.45, 2.75) is 44.1 Å². The molecule has 0 spiro atoms. The second-order valence-electron chi connectivity index (χ2n) is 6.01. The molecule has 2 rings (SSSR count). The summed E-state index contributed by atoms with van der Waals surface area (Å²) < 4.78 is 32.1. The average molecular weight is 340 g/mol. The number of hydrogen-bond acceptors (Lipinski definition) is 5. The number of carbonyl (C=O) groups excluding carboxylic acids is 1. The molecule has 1 saturated heterocycles. The molecule has 1 N–H and O–H groups in total. The number of methoxy groups -OCH3 is 1. The Labute approximate surface area is 137 Å². The van der Waals surface area contributed by atoms with Gasteiger partial charge in [0.05, 0.1) is 12.4 Å². The number of ether oxygens (including phenoxy) is 1. The van der Waals surface area contributed by atoms with E-state index in [1.165, 1.54) is 11.4 Å². The van der Waals surface area contributed by atoms with Gasteiger partial charge in [-0.15, -0.1) is 0 Å². The summed E-state index contributed by atoms with van der Waals surface area (Å²) in [6.07, 6.45) is 0.243. The van der Waals surface area contributed by atoms with Crippen molar-refractivity contribution in [3.8, 4) is 0 Å². The molecule has 2 atom stereocenters. The molecule has 1 aliphatic rings. The second-order valence-corrected chi connectivity index (χ2v) is 8.18. The summed E-state index contributed by atoms with van der Waals surface area (Å²) in [5.74, 6) is -0.415. The molecular formula is C16H24N2O4S. The number of carbonyl (C=O) groups is 1. The minimum atomic E-state index is -3.51. The highest BCUT2D eigenvalue weighted by Gasteiger charge is 2.41. The fourth-order valence-electron chi connectivity index (χ4n) is 2.77. The normalized spacial score (nSPS) is 21.8. The third-order valence-corrected chi connectivity index (χ3v) is 6.49. The molecule has 0 aromatic heterocycles. The fourth-order valence-corrected chi connectivity index (χ4v) is 4.82. The molecule has 23 heavy (non-hydrogen) atoms. The highest BCUT2D eigenvalue weighted by atomic mass is 32.2. The van der Waals surface area contributed by atoms with Crippen molar-refractivity contribution >= 4 is 16.0 Å². The van der Waals surface area contributed by atoms with Crippen LogP contribution in [0, 0.1) is 0 Å². The first kappa shape index (κ1) is 17.9. The number of hydrogen-bond donors (Lipinski definition) is 1. The van der Waals surface area contributed by atoms with Crippen LogP contribution in [0.15, 0.2) is 30.3 Å². The van der Waals surface area contributed by atoms with E-state index in [1.807, 2.05) is 44.2 Å². The topological polar surface area (TPSA) is 75.7 Å². The lowest BCUT2D eigenvalue weighted by molar-refractivity contribution is -0.142. The summed E-state index contributed by atoms with van der Waals surface area (Å²) >= 11 is 0. The lowest BCUT2D eigenvalue weighted by Crippen LogP contribution is -2.43. The maximum Gasteiger partial charge on any atom is 0.322 e. The summed E-state index contributed by atoms with van der Waals surface area (Å²) in [6.45, 7) is 4.32. The number of nitrogens with one attached hydrogen (secondary N) is 1. The van der Waals surface area contributed by atoms with E-state index in [1.54, 1.807) is 0 Å². The Balaban J connectivity index is 2.16. The van der Waals surface area contributed by atoms with Crippen molar-refractivity contribution in [1.82, 2.24) is 9.62 Å². The van der Waals surface area contributed by atoms with Gasteiger partial charge in [0, 0.05) is 19.1 Å². The third kappa shape index (κ3) is 4.10. The second kappa shape index (κ2) is 7.42. The van der Waals surface area contributed by atoms with Crippen LogP contribution in [0.3, 0.4) is 0 Å². The van der Waals surface area contributed by atoms with E-state index in [-0.39, 0.29) is 19.0 Å². The predicted molar refractivity (Wildman–Crippen MR) is 88.3 cm³/mol. The number of nitrogens with zero attached hydrogens (tertiary/aromatic N) is 1. The van der Waals surface area contributed by atoms with Crippen LogP contribution >= 0.6 is 0 Å². The summed E-state index contributed by atoms with van der Waals surface area (Å²) in [7, 11) is -2.20. The van der Waals surface area contributed by atoms with E-state index in [0.29, 0.717) is 6.54 Å². The standard InChI is InChI=1S/C16H24N2O4S/c1-12(2)18(11-13-7-5-4-6-8-13)23(20,21)14-9-15(17-10-14)16(19)22-3/h4-8,12,14-15,17H,9-11H2,1-3H3. The van der Waals surface area contributed by atoms with Crippen LogP contribution in [0.4, 0.5) is 0 Å². The predicted octanol–water partition coefficient (Wildman–Crippen LogP) is 1.13. The zero-order valence-corrected chi connectivity index (χ0v) is 14.5. The lowest BCUT2D eigenvalue weighted by Gasteiger charge is -2.28. The van der Waals surface area contributed by atoms with Crippen molar-refractivity contribution in [3.05, 3.63) is 35.9 Å². The maximum atomic E-state index is 13.0. The van der Waals surface area contributed by atoms with Crippen molar-refractivity contribution in [2.24, 2.45) is 0 Å². The first-order valence-electron chi connectivity index (χ1n) is 7.72. The van der Waals surface area contributed by atoms with Crippen molar-refractivity contribution in [2.75, 3.05) is 13.7 Å². The number of rotatable bonds is 6. The van der Waals surface area contributed by atoms with Crippen LogP contribution in [-0.4, -0.2) is 49.7 Å². The van der Waals surface area contributed by atoms with Crippen LogP contribution in [0.25, 0.3) is 0 Å². The molecule has 2 unspecified atom stereocenters. The minimum Gasteiger partial charge on any atom is -0.468 e. The number of esters is 1. The zero-order valence-electron chi connectivity index (χ0n) is 13.7. The Morgan fingerprint density at radius 2 is 2.00 bits per heavy atom. The van der Waals surface area contributed by atoms with E-state index in [2.05, 4.69) is 10.1 Å². The smallest absolute Gasteiger partial charge is 0.322 e. The Hall–Kier alpha value is -1.44. The van der Waals surface area contributed by atoms with Crippen molar-refractivity contribution in [3.63, 3.8) is 0 Å². The number of benzene rings is 1. The van der Waals surface area contributed by atoms with E-state index in [0.717, 1.165) is 5.56 Å². The molecule has 0 bridgehead atoms. The van der Waals surface area contributed by atoms with Crippen molar-refractivity contribution < 1.29 is 17.9 Å². The van der Waals surface area contributed by atoms with Gasteiger partial charge < -0.3 is 10.1 Å². The molecule has 0 aliphatic carbocycles. The van der Waals surface area contributed by atoms with Gasteiger partial charge in [0.15, 0.2) is 0 Å². The SMILES string of the molecule is COC(=O)C1CC(S(=O)(=O)N(Cc2ccccc2)C(C)C)CN1. The van der Waals surface area contributed by atoms with Crippen molar-refractivity contribution in [1.29, 1.82) is 0 Å². The summed E-state index contributed by atoms with van der Waals surface area (Å²) in [4.78, 5) is 11.6. The zero-order chi connectivity index (χ0) is 17.0. The minimum absolute atomic E-state index is 0.155. The molecule has 7 heteroatoms. The molecule has 1 aromatic rings. The molecule has 128 valence electrons. The van der Waals surface area contributed by atoms with E-state index in [9.17, 15) is 13.2 Å². The van der Waals surface area contributed by atoms with Gasteiger partial charge in [0.1, 0.15) is 6.04 Å². The Morgan fingerprint density at radius 1 is 1.35 bits per heavy atom.